The molecule has 1 aliphatic rings. The molecule has 0 radical (unpaired) electrons. The standard InChI is InChI=1S/C20H16F5NO4/c21-16-15(26(25)18(27)13-7-4-8-14(13)19(28)29)10-9-12(11-5-2-1-3-6-11)17(16)30-20(22,23)24/h1-3,5-6,9-10,13-14H,4,7-8H2,(H,28,29). The third-order valence-corrected chi connectivity index (χ3v) is 4.93. The molecule has 2 aromatic rings. The molecule has 5 nitrogen and oxygen atoms in total. The first-order valence-electron chi connectivity index (χ1n) is 8.96. The minimum Gasteiger partial charge on any atom is -0.481 e. The zero-order chi connectivity index (χ0) is 22.1. The van der Waals surface area contributed by atoms with Gasteiger partial charge in [0.25, 0.3) is 5.91 Å². The maximum absolute atomic E-state index is 14.9. The highest BCUT2D eigenvalue weighted by Crippen LogP contribution is 2.42. The van der Waals surface area contributed by atoms with Gasteiger partial charge in [-0.3, -0.25) is 9.59 Å². The first-order chi connectivity index (χ1) is 14.1. The quantitative estimate of drug-likeness (QED) is 0.530. The number of carboxylic acids is 1. The Hall–Kier alpha value is -3.17. The van der Waals surface area contributed by atoms with E-state index >= 15 is 0 Å². The number of carbonyl (C=O) groups excluding carboxylic acids is 1. The lowest BCUT2D eigenvalue weighted by atomic mass is 9.95. The lowest BCUT2D eigenvalue weighted by Gasteiger charge is -2.22. The van der Waals surface area contributed by atoms with Crippen LogP contribution in [-0.4, -0.2) is 23.3 Å². The molecule has 0 saturated heterocycles. The third-order valence-electron chi connectivity index (χ3n) is 4.93. The van der Waals surface area contributed by atoms with Crippen molar-refractivity contribution in [3.63, 3.8) is 0 Å². The van der Waals surface area contributed by atoms with E-state index in [0.29, 0.717) is 6.42 Å². The van der Waals surface area contributed by atoms with Gasteiger partial charge in [0, 0.05) is 5.56 Å². The van der Waals surface area contributed by atoms with Crippen molar-refractivity contribution in [1.29, 1.82) is 0 Å². The number of nitrogens with zero attached hydrogens (tertiary/aromatic N) is 1. The highest BCUT2D eigenvalue weighted by molar-refractivity contribution is 5.96. The maximum atomic E-state index is 14.9. The van der Waals surface area contributed by atoms with Gasteiger partial charge >= 0.3 is 12.3 Å². The molecule has 1 N–H and O–H groups in total. The number of amides is 1. The Morgan fingerprint density at radius 3 is 2.27 bits per heavy atom. The number of hydrogen-bond acceptors (Lipinski definition) is 3. The van der Waals surface area contributed by atoms with Gasteiger partial charge in [0.15, 0.2) is 11.6 Å². The van der Waals surface area contributed by atoms with Gasteiger partial charge in [0.2, 0.25) is 0 Å². The molecule has 0 spiro atoms. The lowest BCUT2D eigenvalue weighted by molar-refractivity contribution is -0.275. The Morgan fingerprint density at radius 1 is 1.03 bits per heavy atom. The van der Waals surface area contributed by atoms with Crippen molar-refractivity contribution in [2.24, 2.45) is 11.8 Å². The average molecular weight is 429 g/mol. The number of carboxylic acid groups (broad SMARTS) is 1. The number of rotatable bonds is 5. The van der Waals surface area contributed by atoms with E-state index in [1.54, 1.807) is 6.07 Å². The Balaban J connectivity index is 2.02. The minimum absolute atomic E-state index is 0.0752. The Bertz CT molecular complexity index is 948. The van der Waals surface area contributed by atoms with Crippen LogP contribution in [0.5, 0.6) is 5.75 Å². The topological polar surface area (TPSA) is 66.8 Å². The van der Waals surface area contributed by atoms with Gasteiger partial charge in [-0.1, -0.05) is 41.2 Å². The molecule has 0 aliphatic heterocycles. The molecule has 1 aliphatic carbocycles. The second-order valence-corrected chi connectivity index (χ2v) is 6.79. The number of aliphatic carboxylic acids is 1. The maximum Gasteiger partial charge on any atom is 0.573 e. The van der Waals surface area contributed by atoms with E-state index in [-0.39, 0.29) is 24.0 Å². The van der Waals surface area contributed by atoms with E-state index in [9.17, 15) is 31.6 Å². The van der Waals surface area contributed by atoms with Gasteiger partial charge in [-0.25, -0.2) is 4.39 Å². The predicted molar refractivity (Wildman–Crippen MR) is 95.6 cm³/mol. The molecule has 10 heteroatoms. The monoisotopic (exact) mass is 429 g/mol. The van der Waals surface area contributed by atoms with Crippen LogP contribution in [0.25, 0.3) is 11.1 Å². The summed E-state index contributed by atoms with van der Waals surface area (Å²) in [7, 11) is 0. The first-order valence-corrected chi connectivity index (χ1v) is 8.96. The van der Waals surface area contributed by atoms with E-state index in [0.717, 1.165) is 12.1 Å². The summed E-state index contributed by atoms with van der Waals surface area (Å²) in [6.07, 6.45) is -4.68. The number of benzene rings is 2. The summed E-state index contributed by atoms with van der Waals surface area (Å²) < 4.78 is 72.1. The summed E-state index contributed by atoms with van der Waals surface area (Å²) in [4.78, 5) is 23.7. The van der Waals surface area contributed by atoms with Gasteiger partial charge in [-0.15, -0.1) is 18.3 Å². The number of alkyl halides is 3. The van der Waals surface area contributed by atoms with Crippen molar-refractivity contribution in [3.05, 3.63) is 48.3 Å². The molecule has 1 saturated carbocycles. The van der Waals surface area contributed by atoms with E-state index in [4.69, 9.17) is 5.11 Å². The second kappa shape index (κ2) is 8.29. The van der Waals surface area contributed by atoms with Crippen LogP contribution in [0.2, 0.25) is 0 Å². The van der Waals surface area contributed by atoms with Crippen LogP contribution in [0.15, 0.2) is 42.5 Å². The second-order valence-electron chi connectivity index (χ2n) is 6.79. The Kier molecular flexibility index (Phi) is 5.95. The molecule has 1 fully saturated rings. The molecular weight excluding hydrogens is 413 g/mol. The molecule has 160 valence electrons. The van der Waals surface area contributed by atoms with Gasteiger partial charge in [-0.05, 0) is 30.5 Å². The van der Waals surface area contributed by atoms with Crippen LogP contribution < -0.4 is 9.86 Å². The van der Waals surface area contributed by atoms with Crippen LogP contribution >= 0.6 is 0 Å². The molecule has 2 aromatic carbocycles. The molecule has 2 unspecified atom stereocenters. The molecule has 2 atom stereocenters. The number of hydrogen-bond donors (Lipinski definition) is 1. The summed E-state index contributed by atoms with van der Waals surface area (Å²) in [6.45, 7) is 0. The summed E-state index contributed by atoms with van der Waals surface area (Å²) in [5, 5.41) is 8.52. The van der Waals surface area contributed by atoms with Gasteiger partial charge in [0.1, 0.15) is 5.69 Å². The molecule has 30 heavy (non-hydrogen) atoms. The molecule has 0 heterocycles. The van der Waals surface area contributed by atoms with Crippen molar-refractivity contribution < 1.29 is 41.5 Å². The minimum atomic E-state index is -5.27. The van der Waals surface area contributed by atoms with E-state index in [1.807, 2.05) is 0 Å². The summed E-state index contributed by atoms with van der Waals surface area (Å²) in [5.74, 6) is -8.03. The zero-order valence-corrected chi connectivity index (χ0v) is 15.3. The van der Waals surface area contributed by atoms with Gasteiger partial charge in [0.05, 0.1) is 11.8 Å². The van der Waals surface area contributed by atoms with E-state index in [2.05, 4.69) is 4.74 Å². The molecule has 0 aromatic heterocycles. The lowest BCUT2D eigenvalue weighted by Crippen LogP contribution is -2.35. The summed E-state index contributed by atoms with van der Waals surface area (Å²) >= 11 is 0. The average Bonchev–Trinajstić information content (AvgIpc) is 3.18. The normalized spacial score (nSPS) is 18.8. The largest absolute Gasteiger partial charge is 0.573 e. The fourth-order valence-corrected chi connectivity index (χ4v) is 3.57. The van der Waals surface area contributed by atoms with Gasteiger partial charge in [-0.2, -0.15) is 0 Å². The van der Waals surface area contributed by atoms with E-state index in [1.165, 1.54) is 24.3 Å². The fourth-order valence-electron chi connectivity index (χ4n) is 3.57. The summed E-state index contributed by atoms with van der Waals surface area (Å²) in [5.41, 5.74) is -1.20. The van der Waals surface area contributed by atoms with Gasteiger partial charge < -0.3 is 9.84 Å². The molecule has 1 amide bonds. The number of ether oxygens (including phenoxy) is 1. The number of anilines is 1. The molecular formula is C20H16F5NO4. The Labute approximate surface area is 167 Å². The highest BCUT2D eigenvalue weighted by atomic mass is 19.4. The number of halogens is 5. The third kappa shape index (κ3) is 4.37. The van der Waals surface area contributed by atoms with Crippen molar-refractivity contribution in [2.45, 2.75) is 25.6 Å². The molecule has 0 bridgehead atoms. The Morgan fingerprint density at radius 2 is 1.67 bits per heavy atom. The zero-order valence-electron chi connectivity index (χ0n) is 15.3. The van der Waals surface area contributed by atoms with E-state index < -0.39 is 52.5 Å². The summed E-state index contributed by atoms with van der Waals surface area (Å²) in [6, 6.07) is 9.24. The number of carbonyl (C=O) groups is 2. The van der Waals surface area contributed by atoms with Crippen LogP contribution in [-0.2, 0) is 9.59 Å². The SMILES string of the molecule is O=C(O)C1CCCC1C(=O)N(F)c1ccc(-c2ccccc2)c(OC(F)(F)F)c1F. The first kappa shape index (κ1) is 21.5. The van der Waals surface area contributed by atoms with Crippen LogP contribution in [0, 0.1) is 17.7 Å². The smallest absolute Gasteiger partial charge is 0.481 e. The molecule has 3 rings (SSSR count). The van der Waals surface area contributed by atoms with Crippen molar-refractivity contribution in [1.82, 2.24) is 0 Å². The van der Waals surface area contributed by atoms with Crippen molar-refractivity contribution >= 4 is 17.6 Å². The fraction of sp³-hybridized carbons (Fsp3) is 0.300. The highest BCUT2D eigenvalue weighted by Gasteiger charge is 2.42. The predicted octanol–water partition coefficient (Wildman–Crippen LogP) is 5.11. The van der Waals surface area contributed by atoms with Crippen molar-refractivity contribution in [2.75, 3.05) is 5.12 Å². The van der Waals surface area contributed by atoms with Crippen LogP contribution in [0.3, 0.4) is 0 Å². The van der Waals surface area contributed by atoms with Crippen molar-refractivity contribution in [3.8, 4) is 16.9 Å². The van der Waals surface area contributed by atoms with Crippen LogP contribution in [0.1, 0.15) is 19.3 Å². The van der Waals surface area contributed by atoms with Crippen LogP contribution in [0.4, 0.5) is 27.7 Å².